The second kappa shape index (κ2) is 16.6. The van der Waals surface area contributed by atoms with Gasteiger partial charge in [0.2, 0.25) is 11.8 Å². The first-order chi connectivity index (χ1) is 31.3. The summed E-state index contributed by atoms with van der Waals surface area (Å²) in [6, 6.07) is 19.5. The number of likely N-dealkylation sites (tertiary alicyclic amines) is 2. The van der Waals surface area contributed by atoms with Crippen LogP contribution in [0.25, 0.3) is 44.4 Å². The van der Waals surface area contributed by atoms with Crippen molar-refractivity contribution in [1.82, 2.24) is 40.0 Å². The molecule has 2 aliphatic carbocycles. The Hall–Kier alpha value is -6.22. The van der Waals surface area contributed by atoms with Gasteiger partial charge >= 0.3 is 12.2 Å². The van der Waals surface area contributed by atoms with E-state index in [1.54, 1.807) is 0 Å². The van der Waals surface area contributed by atoms with Crippen molar-refractivity contribution >= 4 is 34.8 Å². The van der Waals surface area contributed by atoms with Gasteiger partial charge in [0.15, 0.2) is 0 Å². The molecule has 4 amide bonds. The Morgan fingerprint density at radius 2 is 1.25 bits per heavy atom. The Balaban J connectivity index is 0.825. The van der Waals surface area contributed by atoms with Crippen LogP contribution in [-0.2, 0) is 19.1 Å². The number of rotatable bonds is 11. The number of aromatic amines is 2. The highest BCUT2D eigenvalue weighted by atomic mass is 16.5. The normalized spacial score (nSPS) is 27.5. The number of methoxy groups -OCH3 is 1. The van der Waals surface area contributed by atoms with E-state index in [1.165, 1.54) is 14.2 Å². The molecule has 11 atom stereocenters. The summed E-state index contributed by atoms with van der Waals surface area (Å²) >= 11 is 0. The lowest BCUT2D eigenvalue weighted by atomic mass is 9.85. The molecule has 3 aliphatic heterocycles. The molecule has 2 aromatic heterocycles. The molecular formula is C50H58N8O7. The van der Waals surface area contributed by atoms with Gasteiger partial charge in [-0.25, -0.2) is 19.6 Å². The van der Waals surface area contributed by atoms with Gasteiger partial charge in [0, 0.05) is 42.7 Å². The van der Waals surface area contributed by atoms with Crippen LogP contribution in [0.5, 0.6) is 0 Å². The van der Waals surface area contributed by atoms with Crippen LogP contribution in [-0.4, -0.2) is 114 Å². The topological polar surface area (TPSA) is 186 Å². The zero-order valence-corrected chi connectivity index (χ0v) is 37.7. The number of likely N-dealkylation sites (N-methyl/N-ethyl adjacent to an activating group) is 1. The molecule has 10 rings (SSSR count). The Bertz CT molecular complexity index is 2630. The molecule has 340 valence electrons. The molecule has 5 fully saturated rings. The van der Waals surface area contributed by atoms with Crippen LogP contribution in [0.3, 0.4) is 0 Å². The smallest absolute Gasteiger partial charge is 0.407 e. The number of H-pyrrole nitrogens is 2. The van der Waals surface area contributed by atoms with Crippen LogP contribution >= 0.6 is 0 Å². The number of piperidine rings is 2. The standard InChI is InChI=1S/C50H58N8O7/c1-25(2)44(56(5)50(62)63)48(60)58-40-20-35(40)22-42(58)46-51-23-37(53-46)29-9-7-28(8-10-29)30-11-12-32-18-33(14-13-31(32)17-30)38-24-52-45(54-38)41-21-34-19-39(34)57(41)47(59)43(55-49(61)64-6)36-15-26(3)65-27(4)16-36/h7-14,17-18,23-27,34-36,39-44H,15-16,19-22H2,1-6H3,(H,51,53)(H,52,54)(H,55,61)(H,62,63)/t26-,27+,34-,35-,36+,39-,40-,41+,42+,43?,44+/m1/s1. The molecule has 4 N–H and O–H groups in total. The van der Waals surface area contributed by atoms with Crippen molar-refractivity contribution in [3.8, 4) is 33.6 Å². The van der Waals surface area contributed by atoms with E-state index in [1.807, 2.05) is 49.9 Å². The van der Waals surface area contributed by atoms with Gasteiger partial charge in [-0.2, -0.15) is 0 Å². The highest BCUT2D eigenvalue weighted by Crippen LogP contribution is 2.55. The minimum absolute atomic E-state index is 0.0130. The first-order valence-electron chi connectivity index (χ1n) is 23.1. The summed E-state index contributed by atoms with van der Waals surface area (Å²) in [5.41, 5.74) is 5.68. The number of hydrogen-bond acceptors (Lipinski definition) is 8. The summed E-state index contributed by atoms with van der Waals surface area (Å²) in [4.78, 5) is 74.6. The first-order valence-corrected chi connectivity index (χ1v) is 23.1. The molecule has 5 aromatic rings. The van der Waals surface area contributed by atoms with Crippen molar-refractivity contribution in [1.29, 1.82) is 0 Å². The quantitative estimate of drug-likeness (QED) is 0.102. The van der Waals surface area contributed by atoms with E-state index in [4.69, 9.17) is 19.4 Å². The number of alkyl carbamates (subject to hydrolysis) is 1. The number of fused-ring (bicyclic) bond motifs is 3. The molecule has 3 aromatic carbocycles. The third kappa shape index (κ3) is 8.01. The lowest BCUT2D eigenvalue weighted by Gasteiger charge is -2.38. The number of hydrogen-bond donors (Lipinski definition) is 4. The summed E-state index contributed by atoms with van der Waals surface area (Å²) in [6.45, 7) is 7.80. The minimum Gasteiger partial charge on any atom is -0.465 e. The van der Waals surface area contributed by atoms with Crippen LogP contribution in [0.1, 0.15) is 90.0 Å². The van der Waals surface area contributed by atoms with Gasteiger partial charge in [0.25, 0.3) is 0 Å². The maximum Gasteiger partial charge on any atom is 0.407 e. The van der Waals surface area contributed by atoms with Gasteiger partial charge in [-0.1, -0.05) is 62.4 Å². The highest BCUT2D eigenvalue weighted by Gasteiger charge is 2.58. The highest BCUT2D eigenvalue weighted by molar-refractivity contribution is 5.91. The van der Waals surface area contributed by atoms with Crippen molar-refractivity contribution in [3.05, 3.63) is 84.7 Å². The second-order valence-corrected chi connectivity index (χ2v) is 19.5. The molecule has 15 heteroatoms. The summed E-state index contributed by atoms with van der Waals surface area (Å²) < 4.78 is 10.9. The van der Waals surface area contributed by atoms with Crippen molar-refractivity contribution in [2.24, 2.45) is 23.7 Å². The van der Waals surface area contributed by atoms with Gasteiger partial charge in [0.05, 0.1) is 42.8 Å². The maximum absolute atomic E-state index is 14.5. The predicted molar refractivity (Wildman–Crippen MR) is 243 cm³/mol. The molecule has 1 unspecified atom stereocenters. The number of nitrogens with one attached hydrogen (secondary N) is 3. The van der Waals surface area contributed by atoms with E-state index in [2.05, 4.69) is 75.9 Å². The van der Waals surface area contributed by atoms with E-state index in [-0.39, 0.29) is 60.0 Å². The fourth-order valence-electron chi connectivity index (χ4n) is 11.4. The van der Waals surface area contributed by atoms with E-state index < -0.39 is 24.3 Å². The molecule has 15 nitrogen and oxygen atoms in total. The largest absolute Gasteiger partial charge is 0.465 e. The third-order valence-electron chi connectivity index (χ3n) is 14.7. The minimum atomic E-state index is -1.11. The van der Waals surface area contributed by atoms with Crippen LogP contribution < -0.4 is 5.32 Å². The fourth-order valence-corrected chi connectivity index (χ4v) is 11.4. The fraction of sp³-hybridized carbons (Fsp3) is 0.480. The number of carbonyl (C=O) groups excluding carboxylic acids is 3. The van der Waals surface area contributed by atoms with Crippen LogP contribution in [0.4, 0.5) is 9.59 Å². The maximum atomic E-state index is 14.5. The first kappa shape index (κ1) is 42.7. The second-order valence-electron chi connectivity index (χ2n) is 19.5. The Morgan fingerprint density at radius 1 is 0.738 bits per heavy atom. The van der Waals surface area contributed by atoms with Crippen molar-refractivity contribution in [2.75, 3.05) is 14.2 Å². The van der Waals surface area contributed by atoms with Crippen LogP contribution in [0.15, 0.2) is 73.1 Å². The molecule has 2 saturated carbocycles. The van der Waals surface area contributed by atoms with E-state index in [9.17, 15) is 24.3 Å². The lowest BCUT2D eigenvalue weighted by molar-refractivity contribution is -0.140. The lowest BCUT2D eigenvalue weighted by Crippen LogP contribution is -2.55. The van der Waals surface area contributed by atoms with Gasteiger partial charge in [-0.15, -0.1) is 0 Å². The van der Waals surface area contributed by atoms with Crippen molar-refractivity contribution in [2.45, 2.75) is 115 Å². The van der Waals surface area contributed by atoms with Gasteiger partial charge < -0.3 is 39.7 Å². The van der Waals surface area contributed by atoms with Crippen molar-refractivity contribution in [3.63, 3.8) is 0 Å². The SMILES string of the molecule is COC(=O)NC(C(=O)N1[C@@H]2C[C@@H]2C[C@H]1c1nc(-c2ccc3cc(-c4ccc(-c5c[nH]c([C@@H]6C[C@H]7C[C@H]7N6C(=O)[C@H](C(C)C)N(C)C(=O)O)n5)cc4)ccc3c2)c[nH]1)[C@H]1C[C@@H](C)O[C@@H](C)C1. The van der Waals surface area contributed by atoms with Gasteiger partial charge in [-0.3, -0.25) is 14.5 Å². The predicted octanol–water partition coefficient (Wildman–Crippen LogP) is 8.17. The number of benzene rings is 3. The summed E-state index contributed by atoms with van der Waals surface area (Å²) in [6.07, 6.45) is 6.97. The van der Waals surface area contributed by atoms with Gasteiger partial charge in [0.1, 0.15) is 23.7 Å². The molecule has 5 heterocycles. The summed E-state index contributed by atoms with van der Waals surface area (Å²) in [5, 5.41) is 14.8. The van der Waals surface area contributed by atoms with E-state index in [0.717, 1.165) is 86.6 Å². The Morgan fingerprint density at radius 3 is 1.80 bits per heavy atom. The molecular weight excluding hydrogens is 825 g/mol. The van der Waals surface area contributed by atoms with Gasteiger partial charge in [-0.05, 0) is 110 Å². The van der Waals surface area contributed by atoms with E-state index in [0.29, 0.717) is 24.7 Å². The Kier molecular flexibility index (Phi) is 10.9. The molecule has 3 saturated heterocycles. The Labute approximate surface area is 378 Å². The molecule has 65 heavy (non-hydrogen) atoms. The molecule has 0 radical (unpaired) electrons. The zero-order valence-electron chi connectivity index (χ0n) is 37.7. The van der Waals surface area contributed by atoms with Crippen LogP contribution in [0.2, 0.25) is 0 Å². The summed E-state index contributed by atoms with van der Waals surface area (Å²) in [7, 11) is 2.80. The zero-order chi connectivity index (χ0) is 45.4. The number of nitrogens with zero attached hydrogens (tertiary/aromatic N) is 5. The average molecular weight is 883 g/mol. The molecule has 5 aliphatic rings. The molecule has 0 spiro atoms. The number of amides is 4. The average Bonchev–Trinajstić information content (AvgIpc) is 3.87. The summed E-state index contributed by atoms with van der Waals surface area (Å²) in [5.74, 6) is 1.84. The third-order valence-corrected chi connectivity index (χ3v) is 14.7. The molecule has 0 bridgehead atoms. The number of carboxylic acid groups (broad SMARTS) is 1. The number of carbonyl (C=O) groups is 4. The van der Waals surface area contributed by atoms with E-state index >= 15 is 0 Å². The van der Waals surface area contributed by atoms with Crippen LogP contribution in [0, 0.1) is 23.7 Å². The monoisotopic (exact) mass is 882 g/mol. The number of ether oxygens (including phenoxy) is 2. The van der Waals surface area contributed by atoms with Crippen molar-refractivity contribution < 1.29 is 33.8 Å². The number of imidazole rings is 2. The number of aromatic nitrogens is 4.